The molecule has 0 unspecified atom stereocenters. The number of hydrogen-bond donors (Lipinski definition) is 3. The van der Waals surface area contributed by atoms with Crippen molar-refractivity contribution in [3.8, 4) is 5.75 Å². The SMILES string of the molecule is O=C(O)COc1ccc2cccc(CCNC(=O)NC3CC3)c2c1. The largest absolute Gasteiger partial charge is 0.482 e. The molecule has 0 atom stereocenters. The van der Waals surface area contributed by atoms with Crippen LogP contribution in [0.4, 0.5) is 4.79 Å². The predicted molar refractivity (Wildman–Crippen MR) is 90.3 cm³/mol. The molecule has 1 aliphatic rings. The van der Waals surface area contributed by atoms with Gasteiger partial charge in [-0.25, -0.2) is 9.59 Å². The molecule has 0 heterocycles. The van der Waals surface area contributed by atoms with Crippen molar-refractivity contribution in [3.05, 3.63) is 42.0 Å². The summed E-state index contributed by atoms with van der Waals surface area (Å²) in [7, 11) is 0. The second-order valence-electron chi connectivity index (χ2n) is 5.91. The Hall–Kier alpha value is -2.76. The lowest BCUT2D eigenvalue weighted by Crippen LogP contribution is -2.37. The van der Waals surface area contributed by atoms with Crippen molar-refractivity contribution in [2.75, 3.05) is 13.2 Å². The average molecular weight is 328 g/mol. The monoisotopic (exact) mass is 328 g/mol. The van der Waals surface area contributed by atoms with Gasteiger partial charge in [-0.3, -0.25) is 0 Å². The molecule has 0 aliphatic heterocycles. The molecule has 3 rings (SSSR count). The Morgan fingerprint density at radius 2 is 2.04 bits per heavy atom. The Kier molecular flexibility index (Phi) is 4.84. The van der Waals surface area contributed by atoms with E-state index in [2.05, 4.69) is 10.6 Å². The van der Waals surface area contributed by atoms with Crippen molar-refractivity contribution < 1.29 is 19.4 Å². The first-order chi connectivity index (χ1) is 11.6. The normalized spacial score (nSPS) is 13.5. The van der Waals surface area contributed by atoms with E-state index < -0.39 is 5.97 Å². The van der Waals surface area contributed by atoms with Crippen LogP contribution < -0.4 is 15.4 Å². The minimum Gasteiger partial charge on any atom is -0.482 e. The molecule has 3 N–H and O–H groups in total. The van der Waals surface area contributed by atoms with Crippen molar-refractivity contribution in [1.82, 2.24) is 10.6 Å². The van der Waals surface area contributed by atoms with Crippen LogP contribution in [-0.2, 0) is 11.2 Å². The Morgan fingerprint density at radius 3 is 2.79 bits per heavy atom. The summed E-state index contributed by atoms with van der Waals surface area (Å²) in [6, 6.07) is 11.7. The molecule has 0 saturated heterocycles. The van der Waals surface area contributed by atoms with Crippen molar-refractivity contribution in [1.29, 1.82) is 0 Å². The third-order valence-electron chi connectivity index (χ3n) is 3.90. The Labute approximate surface area is 139 Å². The number of hydrogen-bond acceptors (Lipinski definition) is 3. The molecule has 126 valence electrons. The lowest BCUT2D eigenvalue weighted by Gasteiger charge is -2.10. The van der Waals surface area contributed by atoms with Crippen LogP contribution in [0, 0.1) is 0 Å². The number of nitrogens with one attached hydrogen (secondary N) is 2. The van der Waals surface area contributed by atoms with E-state index in [1.54, 1.807) is 6.07 Å². The van der Waals surface area contributed by atoms with E-state index >= 15 is 0 Å². The van der Waals surface area contributed by atoms with Gasteiger partial charge in [-0.1, -0.05) is 24.3 Å². The molecule has 2 amide bonds. The number of carbonyl (C=O) groups is 2. The number of urea groups is 1. The quantitative estimate of drug-likeness (QED) is 0.728. The summed E-state index contributed by atoms with van der Waals surface area (Å²) in [6.07, 6.45) is 2.82. The highest BCUT2D eigenvalue weighted by molar-refractivity contribution is 5.87. The molecular weight excluding hydrogens is 308 g/mol. The number of amides is 2. The molecule has 2 aromatic rings. The van der Waals surface area contributed by atoms with Gasteiger partial charge in [0.1, 0.15) is 5.75 Å². The minimum absolute atomic E-state index is 0.122. The lowest BCUT2D eigenvalue weighted by molar-refractivity contribution is -0.139. The molecule has 6 nitrogen and oxygen atoms in total. The summed E-state index contributed by atoms with van der Waals surface area (Å²) in [5.41, 5.74) is 1.08. The van der Waals surface area contributed by atoms with Gasteiger partial charge >= 0.3 is 12.0 Å². The van der Waals surface area contributed by atoms with Crippen molar-refractivity contribution in [3.63, 3.8) is 0 Å². The van der Waals surface area contributed by atoms with E-state index in [4.69, 9.17) is 9.84 Å². The lowest BCUT2D eigenvalue weighted by atomic mass is 10.0. The molecule has 24 heavy (non-hydrogen) atoms. The second kappa shape index (κ2) is 7.21. The van der Waals surface area contributed by atoms with E-state index in [1.807, 2.05) is 30.3 Å². The maximum absolute atomic E-state index is 11.7. The predicted octanol–water partition coefficient (Wildman–Crippen LogP) is 2.31. The summed E-state index contributed by atoms with van der Waals surface area (Å²) >= 11 is 0. The van der Waals surface area contributed by atoms with E-state index in [9.17, 15) is 9.59 Å². The van der Waals surface area contributed by atoms with E-state index in [1.165, 1.54) is 0 Å². The topological polar surface area (TPSA) is 87.7 Å². The van der Waals surface area contributed by atoms with Gasteiger partial charge in [0.05, 0.1) is 0 Å². The molecule has 1 aliphatic carbocycles. The van der Waals surface area contributed by atoms with Gasteiger partial charge in [-0.05, 0) is 47.7 Å². The van der Waals surface area contributed by atoms with Crippen molar-refractivity contribution in [2.45, 2.75) is 25.3 Å². The molecular formula is C18H20N2O4. The van der Waals surface area contributed by atoms with Gasteiger partial charge < -0.3 is 20.5 Å². The number of fused-ring (bicyclic) bond motifs is 1. The van der Waals surface area contributed by atoms with Gasteiger partial charge in [0.25, 0.3) is 0 Å². The average Bonchev–Trinajstić information content (AvgIpc) is 3.37. The molecule has 2 aromatic carbocycles. The first kappa shape index (κ1) is 16.1. The zero-order chi connectivity index (χ0) is 16.9. The molecule has 6 heteroatoms. The second-order valence-corrected chi connectivity index (χ2v) is 5.91. The highest BCUT2D eigenvalue weighted by Gasteiger charge is 2.22. The van der Waals surface area contributed by atoms with Gasteiger partial charge in [-0.2, -0.15) is 0 Å². The Bertz CT molecular complexity index is 756. The maximum atomic E-state index is 11.7. The highest BCUT2D eigenvalue weighted by atomic mass is 16.5. The highest BCUT2D eigenvalue weighted by Crippen LogP contribution is 2.24. The standard InChI is InChI=1S/C18H20N2O4/c21-17(22)11-24-15-7-4-12-2-1-3-13(16(12)10-15)8-9-19-18(23)20-14-5-6-14/h1-4,7,10,14H,5-6,8-9,11H2,(H,21,22)(H2,19,20,23). The van der Waals surface area contributed by atoms with Crippen LogP contribution in [0.2, 0.25) is 0 Å². The number of rotatable bonds is 7. The van der Waals surface area contributed by atoms with Crippen LogP contribution >= 0.6 is 0 Å². The van der Waals surface area contributed by atoms with E-state index in [0.717, 1.165) is 29.2 Å². The first-order valence-electron chi connectivity index (χ1n) is 8.02. The van der Waals surface area contributed by atoms with Crippen LogP contribution in [-0.4, -0.2) is 36.3 Å². The smallest absolute Gasteiger partial charge is 0.341 e. The summed E-state index contributed by atoms with van der Waals surface area (Å²) in [6.45, 7) is 0.175. The van der Waals surface area contributed by atoms with Crippen LogP contribution in [0.15, 0.2) is 36.4 Å². The van der Waals surface area contributed by atoms with Gasteiger partial charge in [0, 0.05) is 12.6 Å². The molecule has 0 radical (unpaired) electrons. The van der Waals surface area contributed by atoms with Crippen LogP contribution in [0.1, 0.15) is 18.4 Å². The third kappa shape index (κ3) is 4.38. The van der Waals surface area contributed by atoms with Crippen molar-refractivity contribution >= 4 is 22.8 Å². The van der Waals surface area contributed by atoms with Gasteiger partial charge in [-0.15, -0.1) is 0 Å². The molecule has 0 aromatic heterocycles. The van der Waals surface area contributed by atoms with Crippen LogP contribution in [0.5, 0.6) is 5.75 Å². The number of carbonyl (C=O) groups excluding carboxylic acids is 1. The van der Waals surface area contributed by atoms with E-state index in [-0.39, 0.29) is 12.6 Å². The summed E-state index contributed by atoms with van der Waals surface area (Å²) in [4.78, 5) is 22.3. The fraction of sp³-hybridized carbons (Fsp3) is 0.333. The Morgan fingerprint density at radius 1 is 1.21 bits per heavy atom. The number of benzene rings is 2. The van der Waals surface area contributed by atoms with E-state index in [0.29, 0.717) is 24.8 Å². The maximum Gasteiger partial charge on any atom is 0.341 e. The third-order valence-corrected chi connectivity index (χ3v) is 3.90. The fourth-order valence-corrected chi connectivity index (χ4v) is 2.54. The summed E-state index contributed by atoms with van der Waals surface area (Å²) in [5.74, 6) is -0.481. The number of aliphatic carboxylic acids is 1. The van der Waals surface area contributed by atoms with Gasteiger partial charge in [0.15, 0.2) is 6.61 Å². The van der Waals surface area contributed by atoms with Gasteiger partial charge in [0.2, 0.25) is 0 Å². The van der Waals surface area contributed by atoms with Crippen molar-refractivity contribution in [2.24, 2.45) is 0 Å². The minimum atomic E-state index is -1.01. The molecule has 1 saturated carbocycles. The molecule has 0 spiro atoms. The summed E-state index contributed by atoms with van der Waals surface area (Å²) in [5, 5.41) is 16.5. The Balaban J connectivity index is 1.65. The number of carboxylic acids is 1. The zero-order valence-corrected chi connectivity index (χ0v) is 13.2. The fourth-order valence-electron chi connectivity index (χ4n) is 2.54. The summed E-state index contributed by atoms with van der Waals surface area (Å²) < 4.78 is 5.24. The van der Waals surface area contributed by atoms with Crippen LogP contribution in [0.25, 0.3) is 10.8 Å². The molecule has 0 bridgehead atoms. The molecule has 1 fully saturated rings. The number of ether oxygens (including phenoxy) is 1. The number of carboxylic acid groups (broad SMARTS) is 1. The zero-order valence-electron chi connectivity index (χ0n) is 13.2. The first-order valence-corrected chi connectivity index (χ1v) is 8.02. The van der Waals surface area contributed by atoms with Crippen LogP contribution in [0.3, 0.4) is 0 Å².